The monoisotopic (exact) mass is 876 g/mol. The number of likely N-dealkylation sites (N-methyl/N-ethyl adjacent to an activating group) is 1. The number of carbonyl (C=O) groups excluding carboxylic acids is 4. The van der Waals surface area contributed by atoms with E-state index in [1.54, 1.807) is 48.5 Å². The minimum Gasteiger partial charge on any atom is -0.466 e. The molecular weight excluding hydrogens is 804 g/mol. The van der Waals surface area contributed by atoms with E-state index >= 15 is 0 Å². The maximum atomic E-state index is 14.3. The van der Waals surface area contributed by atoms with Crippen LogP contribution in [0.1, 0.15) is 115 Å². The van der Waals surface area contributed by atoms with Gasteiger partial charge in [0.1, 0.15) is 23.6 Å². The molecule has 0 spiro atoms. The lowest BCUT2D eigenvalue weighted by atomic mass is 9.74. The molecule has 2 unspecified atom stereocenters. The zero-order valence-corrected chi connectivity index (χ0v) is 38.1. The minimum atomic E-state index is -2.07. The number of aliphatic hydroxyl groups excluding tert-OH is 2. The van der Waals surface area contributed by atoms with Gasteiger partial charge in [-0.15, -0.1) is 4.91 Å². The number of rotatable bonds is 13. The van der Waals surface area contributed by atoms with Crippen molar-refractivity contribution in [3.8, 4) is 0 Å². The van der Waals surface area contributed by atoms with Crippen LogP contribution in [0.3, 0.4) is 0 Å². The predicted molar refractivity (Wildman–Crippen MR) is 216 cm³/mol. The van der Waals surface area contributed by atoms with Crippen LogP contribution in [0.4, 0.5) is 0 Å². The third-order valence-corrected chi connectivity index (χ3v) is 12.8. The fourth-order valence-electron chi connectivity index (χ4n) is 9.09. The van der Waals surface area contributed by atoms with Gasteiger partial charge in [0, 0.05) is 38.3 Å². The number of hydrogen-bond acceptors (Lipinski definition) is 18. The second-order valence-corrected chi connectivity index (χ2v) is 17.9. The number of nitrogens with zero attached hydrogens (tertiary/aromatic N) is 2. The molecule has 3 saturated heterocycles. The molecule has 18 atom stereocenters. The highest BCUT2D eigenvalue weighted by atomic mass is 16.7. The van der Waals surface area contributed by atoms with Crippen LogP contribution in [0.15, 0.2) is 5.29 Å². The summed E-state index contributed by atoms with van der Waals surface area (Å²) in [6.07, 6.45) is -12.8. The Labute approximate surface area is 359 Å². The highest BCUT2D eigenvalue weighted by Gasteiger charge is 2.54. The van der Waals surface area contributed by atoms with Crippen LogP contribution < -0.4 is 0 Å². The summed E-state index contributed by atoms with van der Waals surface area (Å²) in [7, 11) is 2.83. The molecule has 3 aliphatic heterocycles. The summed E-state index contributed by atoms with van der Waals surface area (Å²) in [6, 6.07) is -0.908. The van der Waals surface area contributed by atoms with E-state index in [0.29, 0.717) is 0 Å². The molecule has 0 amide bonds. The molecule has 61 heavy (non-hydrogen) atoms. The first-order valence-corrected chi connectivity index (χ1v) is 21.4. The Balaban J connectivity index is 2.23. The van der Waals surface area contributed by atoms with Crippen molar-refractivity contribution < 1.29 is 77.5 Å². The van der Waals surface area contributed by atoms with Crippen molar-refractivity contribution in [2.24, 2.45) is 29.0 Å². The van der Waals surface area contributed by atoms with Crippen molar-refractivity contribution >= 4 is 23.7 Å². The number of esters is 3. The first kappa shape index (κ1) is 52.5. The molecule has 3 rings (SSSR count). The van der Waals surface area contributed by atoms with Crippen LogP contribution in [0, 0.1) is 28.6 Å². The van der Waals surface area contributed by atoms with Crippen molar-refractivity contribution in [1.82, 2.24) is 5.01 Å². The average Bonchev–Trinajstić information content (AvgIpc) is 3.20. The molecule has 19 heteroatoms. The van der Waals surface area contributed by atoms with Crippen LogP contribution >= 0.6 is 0 Å². The van der Waals surface area contributed by atoms with Gasteiger partial charge in [0.2, 0.25) is 0 Å². The minimum absolute atomic E-state index is 0.00358. The highest BCUT2D eigenvalue weighted by Crippen LogP contribution is 2.41. The van der Waals surface area contributed by atoms with Gasteiger partial charge in [0.25, 0.3) is 0 Å². The number of hydrogen-bond donors (Lipinski definition) is 4. The van der Waals surface area contributed by atoms with E-state index in [1.165, 1.54) is 41.9 Å². The third kappa shape index (κ3) is 12.4. The van der Waals surface area contributed by atoms with E-state index in [2.05, 4.69) is 5.29 Å². The number of nitroso groups, excluding NO2 is 1. The van der Waals surface area contributed by atoms with Crippen molar-refractivity contribution in [2.45, 2.75) is 199 Å². The average molecular weight is 877 g/mol. The van der Waals surface area contributed by atoms with Gasteiger partial charge >= 0.3 is 17.9 Å². The first-order chi connectivity index (χ1) is 28.3. The Bertz CT molecular complexity index is 1500. The molecule has 3 aliphatic rings. The molecule has 19 nitrogen and oxygen atoms in total. The maximum absolute atomic E-state index is 14.3. The number of methoxy groups -OCH3 is 1. The van der Waals surface area contributed by atoms with E-state index in [4.69, 9.17) is 37.9 Å². The molecule has 0 aliphatic carbocycles. The molecule has 3 fully saturated rings. The topological polar surface area (TPSA) is 256 Å². The van der Waals surface area contributed by atoms with Crippen molar-refractivity contribution in [2.75, 3.05) is 20.8 Å². The van der Waals surface area contributed by atoms with Gasteiger partial charge in [-0.25, -0.2) is 0 Å². The Morgan fingerprint density at radius 1 is 0.885 bits per heavy atom. The summed E-state index contributed by atoms with van der Waals surface area (Å²) in [6.45, 7) is 17.3. The van der Waals surface area contributed by atoms with Crippen molar-refractivity contribution in [3.05, 3.63) is 4.91 Å². The maximum Gasteiger partial charge on any atom is 0.311 e. The summed E-state index contributed by atoms with van der Waals surface area (Å²) < 4.78 is 48.3. The molecule has 0 bridgehead atoms. The lowest BCUT2D eigenvalue weighted by molar-refractivity contribution is -0.319. The number of Topliss-reactive ketones (excluding diaryl/α,β-unsaturated/α-hetero) is 1. The van der Waals surface area contributed by atoms with Crippen LogP contribution in [0.5, 0.6) is 0 Å². The number of aliphatic hydroxyl groups is 4. The number of ether oxygens (including phenoxy) is 8. The zero-order valence-electron chi connectivity index (χ0n) is 38.1. The summed E-state index contributed by atoms with van der Waals surface area (Å²) in [5.74, 6) is -7.18. The lowest BCUT2D eigenvalue weighted by Gasteiger charge is -2.49. The number of cyclic esters (lactones) is 1. The summed E-state index contributed by atoms with van der Waals surface area (Å²) in [5, 5.41) is 50.9. The van der Waals surface area contributed by atoms with Gasteiger partial charge < -0.3 is 58.3 Å². The van der Waals surface area contributed by atoms with Crippen molar-refractivity contribution in [1.29, 1.82) is 0 Å². The second kappa shape index (κ2) is 21.7. The lowest BCUT2D eigenvalue weighted by Crippen LogP contribution is -2.61. The second-order valence-electron chi connectivity index (χ2n) is 17.9. The summed E-state index contributed by atoms with van der Waals surface area (Å²) in [4.78, 5) is 65.7. The van der Waals surface area contributed by atoms with Crippen LogP contribution in [-0.2, 0) is 57.1 Å². The third-order valence-electron chi connectivity index (χ3n) is 12.8. The highest BCUT2D eigenvalue weighted by molar-refractivity contribution is 5.83. The molecule has 0 aromatic carbocycles. The first-order valence-electron chi connectivity index (χ1n) is 21.4. The molecular formula is C42H72N2O17. The van der Waals surface area contributed by atoms with Crippen LogP contribution in [-0.4, -0.2) is 154 Å². The number of ketones is 1. The van der Waals surface area contributed by atoms with E-state index in [9.17, 15) is 44.5 Å². The Kier molecular flexibility index (Phi) is 18.6. The normalized spacial score (nSPS) is 43.1. The Morgan fingerprint density at radius 2 is 1.51 bits per heavy atom. The molecule has 3 heterocycles. The van der Waals surface area contributed by atoms with Crippen molar-refractivity contribution in [3.63, 3.8) is 0 Å². The standard InChI is InChI=1S/C42H72N2O17/c1-14-28-42(11,52)35(48)23(5)32(47)21(3)19-40(9,51)37(24(6)33(25(7)38(50)58-28)60-31-20-41(10,54-13)36(49)26(8)57-31)61-39-34(27(44(12)43-53)18-22(4)56-39)59-30(46)17-16-29(45)55-15-2/h21-28,31,33-37,39,48-49,51-52H,14-20H2,1-13H3/t21-,22-,23+,24?,25-,26+,27+,28-,31+,33+,34-,35-,36+,37-,39?,40-,41-,42-/m1/s1. The SMILES string of the molecule is CCOC(=O)CCC(=O)O[C@H]1C(O[C@@H]2C(C)[C@H](O[C@H]3C[C@@](C)(OC)[C@@H](O)[C@H](C)O3)[C@@H](C)C(=O)O[C@H](CC)[C@@](C)(O)[C@H](O)[C@@H](C)C(=O)[C@H](C)C[C@@]2(C)O)O[C@H](C)C[C@@H]1N(C)N=O. The van der Waals surface area contributed by atoms with E-state index in [1.807, 2.05) is 0 Å². The predicted octanol–water partition coefficient (Wildman–Crippen LogP) is 2.73. The molecule has 0 radical (unpaired) electrons. The molecule has 4 N–H and O–H groups in total. The molecule has 0 aromatic heterocycles. The van der Waals surface area contributed by atoms with Gasteiger partial charge in [-0.3, -0.25) is 24.2 Å². The largest absolute Gasteiger partial charge is 0.466 e. The Hall–Kier alpha value is -2.88. The van der Waals surface area contributed by atoms with Gasteiger partial charge in [0.05, 0.1) is 78.4 Å². The smallest absolute Gasteiger partial charge is 0.311 e. The van der Waals surface area contributed by atoms with Gasteiger partial charge in [0.15, 0.2) is 18.7 Å². The molecule has 352 valence electrons. The van der Waals surface area contributed by atoms with E-state index in [0.717, 1.165) is 5.01 Å². The zero-order chi connectivity index (χ0) is 46.4. The van der Waals surface area contributed by atoms with Gasteiger partial charge in [-0.2, -0.15) is 0 Å². The van der Waals surface area contributed by atoms with Gasteiger partial charge in [-0.05, 0) is 67.7 Å². The van der Waals surface area contributed by atoms with Gasteiger partial charge in [-0.1, -0.05) is 27.7 Å². The van der Waals surface area contributed by atoms with Crippen LogP contribution in [0.25, 0.3) is 0 Å². The van der Waals surface area contributed by atoms with Crippen LogP contribution in [0.2, 0.25) is 0 Å². The Morgan fingerprint density at radius 3 is 2.08 bits per heavy atom. The fraction of sp³-hybridized carbons (Fsp3) is 0.905. The quantitative estimate of drug-likeness (QED) is 0.0898. The fourth-order valence-corrected chi connectivity index (χ4v) is 9.09. The van der Waals surface area contributed by atoms with E-state index < -0.39 is 132 Å². The van der Waals surface area contributed by atoms with E-state index in [-0.39, 0.29) is 45.1 Å². The summed E-state index contributed by atoms with van der Waals surface area (Å²) >= 11 is 0. The number of carbonyl (C=O) groups is 4. The molecule has 0 saturated carbocycles. The molecule has 0 aromatic rings. The summed E-state index contributed by atoms with van der Waals surface area (Å²) in [5.41, 5.74) is -5.21.